The molecule has 0 atom stereocenters. The normalized spacial score (nSPS) is 13.0. The van der Waals surface area contributed by atoms with Crippen LogP contribution in [0.25, 0.3) is 6.08 Å². The van der Waals surface area contributed by atoms with E-state index in [2.05, 4.69) is 5.10 Å². The Morgan fingerprint density at radius 2 is 1.81 bits per heavy atom. The number of halogens is 6. The van der Waals surface area contributed by atoms with E-state index in [-0.39, 0.29) is 5.75 Å². The molecule has 0 aliphatic carbocycles. The van der Waals surface area contributed by atoms with Gasteiger partial charge in [-0.15, -0.1) is 0 Å². The first-order chi connectivity index (χ1) is 12.3. The van der Waals surface area contributed by atoms with Gasteiger partial charge in [-0.3, -0.25) is 0 Å². The number of alkyl halides is 6. The minimum Gasteiger partial charge on any atom is -0.478 e. The predicted octanol–water partition coefficient (Wildman–Crippen LogP) is 4.74. The molecule has 0 fully saturated rings. The average molecular weight is 394 g/mol. The fraction of sp³-hybridized carbons (Fsp3) is 0.250. The zero-order chi connectivity index (χ0) is 20.6. The molecule has 2 aromatic rings. The fourth-order valence-electron chi connectivity index (χ4n) is 2.11. The monoisotopic (exact) mass is 394 g/mol. The molecule has 0 saturated heterocycles. The van der Waals surface area contributed by atoms with E-state index in [1.807, 2.05) is 0 Å². The summed E-state index contributed by atoms with van der Waals surface area (Å²) in [6, 6.07) is 3.52. The third kappa shape index (κ3) is 4.60. The van der Waals surface area contributed by atoms with E-state index in [1.54, 1.807) is 0 Å². The molecule has 146 valence electrons. The van der Waals surface area contributed by atoms with Crippen LogP contribution in [0.1, 0.15) is 23.7 Å². The van der Waals surface area contributed by atoms with E-state index < -0.39 is 46.6 Å². The number of hydrogen-bond donors (Lipinski definition) is 1. The molecule has 5 nitrogen and oxygen atoms in total. The molecule has 11 heteroatoms. The van der Waals surface area contributed by atoms with Crippen LogP contribution in [0, 0.1) is 0 Å². The zero-order valence-corrected chi connectivity index (χ0v) is 13.8. The van der Waals surface area contributed by atoms with Crippen LogP contribution in [0.5, 0.6) is 11.6 Å². The van der Waals surface area contributed by atoms with Gasteiger partial charge >= 0.3 is 18.3 Å². The summed E-state index contributed by atoms with van der Waals surface area (Å²) in [4.78, 5) is 11.0. The quantitative estimate of drug-likeness (QED) is 0.601. The molecule has 0 spiro atoms. The molecular formula is C16H12F6N2O3. The molecule has 2 rings (SSSR count). The molecule has 27 heavy (non-hydrogen) atoms. The molecule has 0 bridgehead atoms. The maximum absolute atomic E-state index is 13.2. The van der Waals surface area contributed by atoms with Crippen molar-refractivity contribution in [3.8, 4) is 11.6 Å². The molecule has 0 aliphatic heterocycles. The van der Waals surface area contributed by atoms with Gasteiger partial charge in [-0.05, 0) is 31.2 Å². The first-order valence-electron chi connectivity index (χ1n) is 7.21. The summed E-state index contributed by atoms with van der Waals surface area (Å²) < 4.78 is 83.8. The Kier molecular flexibility index (Phi) is 5.25. The number of carbonyl (C=O) groups is 1. The minimum absolute atomic E-state index is 0.385. The van der Waals surface area contributed by atoms with Crippen LogP contribution in [-0.2, 0) is 24.2 Å². The van der Waals surface area contributed by atoms with Crippen LogP contribution in [-0.4, -0.2) is 20.9 Å². The second-order valence-electron chi connectivity index (χ2n) is 5.45. The summed E-state index contributed by atoms with van der Waals surface area (Å²) in [5.41, 5.74) is -3.63. The highest BCUT2D eigenvalue weighted by atomic mass is 19.4. The summed E-state index contributed by atoms with van der Waals surface area (Å²) in [6.45, 7) is 1.06. The molecular weight excluding hydrogens is 382 g/mol. The van der Waals surface area contributed by atoms with Crippen molar-refractivity contribution in [2.24, 2.45) is 7.05 Å². The van der Waals surface area contributed by atoms with Gasteiger partial charge < -0.3 is 9.84 Å². The number of carboxylic acids is 1. The van der Waals surface area contributed by atoms with Crippen molar-refractivity contribution in [1.82, 2.24) is 9.78 Å². The second kappa shape index (κ2) is 6.97. The van der Waals surface area contributed by atoms with Crippen LogP contribution < -0.4 is 4.74 Å². The number of aromatic nitrogens is 2. The van der Waals surface area contributed by atoms with Crippen molar-refractivity contribution < 1.29 is 41.0 Å². The summed E-state index contributed by atoms with van der Waals surface area (Å²) >= 11 is 0. The van der Waals surface area contributed by atoms with E-state index in [0.29, 0.717) is 16.8 Å². The van der Waals surface area contributed by atoms with Crippen LogP contribution in [0.15, 0.2) is 29.8 Å². The van der Waals surface area contributed by atoms with Gasteiger partial charge in [0, 0.05) is 12.6 Å². The molecule has 1 aromatic carbocycles. The number of ether oxygens (including phenoxy) is 1. The van der Waals surface area contributed by atoms with Gasteiger partial charge in [0.2, 0.25) is 5.88 Å². The van der Waals surface area contributed by atoms with Gasteiger partial charge in [0.1, 0.15) is 5.75 Å². The molecule has 0 saturated carbocycles. The lowest BCUT2D eigenvalue weighted by Crippen LogP contribution is -2.08. The van der Waals surface area contributed by atoms with E-state index in [4.69, 9.17) is 9.84 Å². The fourth-order valence-corrected chi connectivity index (χ4v) is 2.11. The van der Waals surface area contributed by atoms with Crippen LogP contribution in [0.2, 0.25) is 0 Å². The molecule has 1 heterocycles. The third-order valence-electron chi connectivity index (χ3n) is 3.37. The van der Waals surface area contributed by atoms with E-state index >= 15 is 0 Å². The Balaban J connectivity index is 2.59. The summed E-state index contributed by atoms with van der Waals surface area (Å²) in [5.74, 6) is -2.41. The van der Waals surface area contributed by atoms with Gasteiger partial charge in [0.25, 0.3) is 0 Å². The highest BCUT2D eigenvalue weighted by Gasteiger charge is 2.39. The van der Waals surface area contributed by atoms with Crippen LogP contribution in [0.4, 0.5) is 26.3 Å². The highest BCUT2D eigenvalue weighted by Crippen LogP contribution is 2.39. The van der Waals surface area contributed by atoms with E-state index in [9.17, 15) is 31.1 Å². The SMILES string of the molecule is CC(=Cc1c(C(F)(F)F)nn(C)c1Oc1cccc(C(F)(F)F)c1)C(=O)O. The van der Waals surface area contributed by atoms with Gasteiger partial charge in [0.15, 0.2) is 5.69 Å². The maximum Gasteiger partial charge on any atom is 0.435 e. The molecule has 0 unspecified atom stereocenters. The van der Waals surface area contributed by atoms with Gasteiger partial charge in [0.05, 0.1) is 11.1 Å². The summed E-state index contributed by atoms with van der Waals surface area (Å²) in [7, 11) is 1.09. The zero-order valence-electron chi connectivity index (χ0n) is 13.8. The lowest BCUT2D eigenvalue weighted by molar-refractivity contribution is -0.141. The number of benzene rings is 1. The number of nitrogens with zero attached hydrogens (tertiary/aromatic N) is 2. The summed E-state index contributed by atoms with van der Waals surface area (Å²) in [5, 5.41) is 12.2. The number of rotatable bonds is 4. The van der Waals surface area contributed by atoms with Gasteiger partial charge in [-0.1, -0.05) is 6.07 Å². The molecule has 1 aromatic heterocycles. The number of hydrogen-bond acceptors (Lipinski definition) is 3. The van der Waals surface area contributed by atoms with Gasteiger partial charge in [-0.25, -0.2) is 9.48 Å². The Hall–Kier alpha value is -2.98. The lowest BCUT2D eigenvalue weighted by Gasteiger charge is -2.11. The Morgan fingerprint density at radius 3 is 2.33 bits per heavy atom. The van der Waals surface area contributed by atoms with Crippen molar-refractivity contribution in [2.75, 3.05) is 0 Å². The molecule has 0 amide bonds. The molecule has 0 aliphatic rings. The minimum atomic E-state index is -4.93. The maximum atomic E-state index is 13.2. The third-order valence-corrected chi connectivity index (χ3v) is 3.37. The van der Waals surface area contributed by atoms with E-state index in [0.717, 1.165) is 32.2 Å². The number of aryl methyl sites for hydroxylation is 1. The van der Waals surface area contributed by atoms with E-state index in [1.165, 1.54) is 0 Å². The van der Waals surface area contributed by atoms with Crippen molar-refractivity contribution in [1.29, 1.82) is 0 Å². The first kappa shape index (κ1) is 20.3. The predicted molar refractivity (Wildman–Crippen MR) is 81.0 cm³/mol. The number of aliphatic carboxylic acids is 1. The molecule has 1 N–H and O–H groups in total. The van der Waals surface area contributed by atoms with Crippen molar-refractivity contribution in [3.05, 3.63) is 46.7 Å². The Morgan fingerprint density at radius 1 is 1.19 bits per heavy atom. The Labute approximate surface area is 148 Å². The van der Waals surface area contributed by atoms with Crippen molar-refractivity contribution >= 4 is 12.0 Å². The lowest BCUT2D eigenvalue weighted by atomic mass is 10.1. The van der Waals surface area contributed by atoms with Crippen molar-refractivity contribution in [2.45, 2.75) is 19.3 Å². The number of carboxylic acid groups (broad SMARTS) is 1. The van der Waals surface area contributed by atoms with Crippen molar-refractivity contribution in [3.63, 3.8) is 0 Å². The topological polar surface area (TPSA) is 64.4 Å². The smallest absolute Gasteiger partial charge is 0.435 e. The second-order valence-corrected chi connectivity index (χ2v) is 5.45. The van der Waals surface area contributed by atoms with Gasteiger partial charge in [-0.2, -0.15) is 31.4 Å². The first-order valence-corrected chi connectivity index (χ1v) is 7.21. The largest absolute Gasteiger partial charge is 0.478 e. The highest BCUT2D eigenvalue weighted by molar-refractivity contribution is 5.92. The molecule has 0 radical (unpaired) electrons. The van der Waals surface area contributed by atoms with Crippen LogP contribution >= 0.6 is 0 Å². The van der Waals surface area contributed by atoms with Crippen LogP contribution in [0.3, 0.4) is 0 Å². The standard InChI is InChI=1S/C16H12F6N2O3/c1-8(14(25)26)6-11-12(16(20,21)22)23-24(2)13(11)27-10-5-3-4-9(7-10)15(17,18)19/h3-7H,1-2H3,(H,25,26). The Bertz CT molecular complexity index is 897. The average Bonchev–Trinajstić information content (AvgIpc) is 2.83. The summed E-state index contributed by atoms with van der Waals surface area (Å²) in [6.07, 6.45) is -8.91.